The molecule has 3 rings (SSSR count). The minimum atomic E-state index is -0.289. The number of amides is 3. The topological polar surface area (TPSA) is 81.8 Å². The Morgan fingerprint density at radius 1 is 1.17 bits per heavy atom. The Morgan fingerprint density at radius 3 is 2.59 bits per heavy atom. The lowest BCUT2D eigenvalue weighted by Gasteiger charge is -2.29. The van der Waals surface area contributed by atoms with E-state index in [1.807, 2.05) is 25.1 Å². The van der Waals surface area contributed by atoms with E-state index in [1.165, 1.54) is 0 Å². The molecule has 0 aromatic heterocycles. The van der Waals surface area contributed by atoms with Crippen molar-refractivity contribution in [1.29, 1.82) is 0 Å². The first-order valence-corrected chi connectivity index (χ1v) is 9.66. The molecule has 0 fully saturated rings. The van der Waals surface area contributed by atoms with Crippen LogP contribution in [0.5, 0.6) is 0 Å². The second-order valence-corrected chi connectivity index (χ2v) is 7.55. The first-order valence-electron chi connectivity index (χ1n) is 9.28. The molecule has 0 aliphatic carbocycles. The summed E-state index contributed by atoms with van der Waals surface area (Å²) < 4.78 is 0. The van der Waals surface area contributed by atoms with Gasteiger partial charge in [-0.1, -0.05) is 23.7 Å². The second-order valence-electron chi connectivity index (χ2n) is 7.11. The highest BCUT2D eigenvalue weighted by molar-refractivity contribution is 6.30. The molecular formula is C21H23ClN4O3. The number of hydrogen-bond donors (Lipinski definition) is 2. The van der Waals surface area contributed by atoms with Crippen molar-refractivity contribution in [1.82, 2.24) is 4.90 Å². The van der Waals surface area contributed by atoms with Crippen molar-refractivity contribution >= 4 is 46.4 Å². The second kappa shape index (κ2) is 9.07. The fraction of sp³-hybridized carbons (Fsp3) is 0.286. The van der Waals surface area contributed by atoms with E-state index in [2.05, 4.69) is 10.6 Å². The minimum absolute atomic E-state index is 0.0426. The lowest BCUT2D eigenvalue weighted by molar-refractivity contribution is -0.121. The van der Waals surface area contributed by atoms with Crippen LogP contribution in [0.1, 0.15) is 13.3 Å². The number of fused-ring (bicyclic) bond motifs is 1. The van der Waals surface area contributed by atoms with Gasteiger partial charge >= 0.3 is 0 Å². The molecule has 29 heavy (non-hydrogen) atoms. The zero-order valence-corrected chi connectivity index (χ0v) is 17.1. The van der Waals surface area contributed by atoms with E-state index in [1.54, 1.807) is 47.2 Å². The van der Waals surface area contributed by atoms with Gasteiger partial charge in [0.15, 0.2) is 0 Å². The van der Waals surface area contributed by atoms with E-state index in [-0.39, 0.29) is 43.3 Å². The summed E-state index contributed by atoms with van der Waals surface area (Å²) in [5, 5.41) is 6.20. The summed E-state index contributed by atoms with van der Waals surface area (Å²) in [6, 6.07) is 13.7. The molecule has 152 valence electrons. The summed E-state index contributed by atoms with van der Waals surface area (Å²) >= 11 is 5.84. The normalized spacial score (nSPS) is 16.1. The molecule has 1 aliphatic rings. The molecular weight excluding hydrogens is 392 g/mol. The Balaban J connectivity index is 1.64. The summed E-state index contributed by atoms with van der Waals surface area (Å²) in [6.45, 7) is 1.93. The van der Waals surface area contributed by atoms with Crippen LogP contribution in [0.2, 0.25) is 5.02 Å². The predicted molar refractivity (Wildman–Crippen MR) is 114 cm³/mol. The van der Waals surface area contributed by atoms with Crippen LogP contribution in [-0.2, 0) is 14.4 Å². The SMILES string of the molecule is CC1CC(=O)Nc2ccccc2N1C(=O)CN(C)CC(=O)Nc1ccc(Cl)cc1. The molecule has 2 aromatic rings. The van der Waals surface area contributed by atoms with E-state index in [4.69, 9.17) is 11.6 Å². The summed E-state index contributed by atoms with van der Waals surface area (Å²) in [5.41, 5.74) is 1.91. The summed E-state index contributed by atoms with van der Waals surface area (Å²) in [5.74, 6) is -0.539. The third-order valence-electron chi connectivity index (χ3n) is 4.57. The van der Waals surface area contributed by atoms with Gasteiger partial charge in [-0.2, -0.15) is 0 Å². The van der Waals surface area contributed by atoms with Gasteiger partial charge in [-0.25, -0.2) is 0 Å². The van der Waals surface area contributed by atoms with Gasteiger partial charge in [-0.05, 0) is 50.4 Å². The van der Waals surface area contributed by atoms with Gasteiger partial charge in [0.25, 0.3) is 0 Å². The van der Waals surface area contributed by atoms with Crippen molar-refractivity contribution in [3.63, 3.8) is 0 Å². The van der Waals surface area contributed by atoms with Crippen molar-refractivity contribution in [3.8, 4) is 0 Å². The number of carbonyl (C=O) groups is 3. The number of anilines is 3. The maximum Gasteiger partial charge on any atom is 0.241 e. The van der Waals surface area contributed by atoms with E-state index < -0.39 is 0 Å². The Hall–Kier alpha value is -2.90. The summed E-state index contributed by atoms with van der Waals surface area (Å²) in [4.78, 5) is 40.6. The van der Waals surface area contributed by atoms with E-state index in [0.29, 0.717) is 22.1 Å². The van der Waals surface area contributed by atoms with Crippen molar-refractivity contribution in [2.75, 3.05) is 35.7 Å². The van der Waals surface area contributed by atoms with Gasteiger partial charge < -0.3 is 15.5 Å². The first-order chi connectivity index (χ1) is 13.8. The highest BCUT2D eigenvalue weighted by Gasteiger charge is 2.30. The van der Waals surface area contributed by atoms with Crippen LogP contribution in [0.3, 0.4) is 0 Å². The van der Waals surface area contributed by atoms with Crippen LogP contribution in [-0.4, -0.2) is 48.8 Å². The average Bonchev–Trinajstić information content (AvgIpc) is 2.77. The zero-order chi connectivity index (χ0) is 21.0. The van der Waals surface area contributed by atoms with Crippen LogP contribution in [0, 0.1) is 0 Å². The first kappa shape index (κ1) is 20.8. The maximum absolute atomic E-state index is 13.0. The molecule has 7 nitrogen and oxygen atoms in total. The molecule has 3 amide bonds. The number of carbonyl (C=O) groups excluding carboxylic acids is 3. The number of para-hydroxylation sites is 2. The lowest BCUT2D eigenvalue weighted by Crippen LogP contribution is -2.45. The number of benzene rings is 2. The Kier molecular flexibility index (Phi) is 6.51. The molecule has 0 saturated heterocycles. The number of nitrogens with one attached hydrogen (secondary N) is 2. The number of likely N-dealkylation sites (N-methyl/N-ethyl adjacent to an activating group) is 1. The Bertz CT molecular complexity index is 916. The van der Waals surface area contributed by atoms with Gasteiger partial charge in [0.2, 0.25) is 17.7 Å². The van der Waals surface area contributed by atoms with Crippen LogP contribution in [0.25, 0.3) is 0 Å². The molecule has 1 aliphatic heterocycles. The highest BCUT2D eigenvalue weighted by Crippen LogP contribution is 2.31. The molecule has 8 heteroatoms. The van der Waals surface area contributed by atoms with Gasteiger partial charge in [-0.15, -0.1) is 0 Å². The number of rotatable bonds is 5. The monoisotopic (exact) mass is 414 g/mol. The van der Waals surface area contributed by atoms with Crippen molar-refractivity contribution in [3.05, 3.63) is 53.6 Å². The van der Waals surface area contributed by atoms with Crippen LogP contribution in [0.15, 0.2) is 48.5 Å². The maximum atomic E-state index is 13.0. The number of nitrogens with zero attached hydrogens (tertiary/aromatic N) is 2. The highest BCUT2D eigenvalue weighted by atomic mass is 35.5. The molecule has 1 atom stereocenters. The molecule has 1 heterocycles. The fourth-order valence-corrected chi connectivity index (χ4v) is 3.44. The largest absolute Gasteiger partial charge is 0.325 e. The zero-order valence-electron chi connectivity index (χ0n) is 16.3. The van der Waals surface area contributed by atoms with Crippen molar-refractivity contribution in [2.45, 2.75) is 19.4 Å². The quantitative estimate of drug-likeness (QED) is 0.788. The molecule has 2 N–H and O–H groups in total. The number of halogens is 1. The Labute approximate surface area is 174 Å². The minimum Gasteiger partial charge on any atom is -0.325 e. The fourth-order valence-electron chi connectivity index (χ4n) is 3.31. The average molecular weight is 415 g/mol. The van der Waals surface area contributed by atoms with Gasteiger partial charge in [0, 0.05) is 23.2 Å². The Morgan fingerprint density at radius 2 is 1.86 bits per heavy atom. The lowest BCUT2D eigenvalue weighted by atomic mass is 10.1. The van der Waals surface area contributed by atoms with Crippen LogP contribution in [0.4, 0.5) is 17.1 Å². The molecule has 2 aromatic carbocycles. The molecule has 1 unspecified atom stereocenters. The smallest absolute Gasteiger partial charge is 0.241 e. The van der Waals surface area contributed by atoms with Gasteiger partial charge in [-0.3, -0.25) is 19.3 Å². The third kappa shape index (κ3) is 5.34. The standard InChI is InChI=1S/C21H23ClN4O3/c1-14-11-19(27)24-17-5-3-4-6-18(17)26(14)21(29)13-25(2)12-20(28)23-16-9-7-15(22)8-10-16/h3-10,14H,11-13H2,1-2H3,(H,23,28)(H,24,27). The van der Waals surface area contributed by atoms with Gasteiger partial charge in [0.1, 0.15) is 0 Å². The third-order valence-corrected chi connectivity index (χ3v) is 4.83. The molecule has 0 radical (unpaired) electrons. The van der Waals surface area contributed by atoms with Crippen LogP contribution >= 0.6 is 11.6 Å². The van der Waals surface area contributed by atoms with E-state index >= 15 is 0 Å². The van der Waals surface area contributed by atoms with E-state index in [9.17, 15) is 14.4 Å². The number of hydrogen-bond acceptors (Lipinski definition) is 4. The van der Waals surface area contributed by atoms with Gasteiger partial charge in [0.05, 0.1) is 24.5 Å². The predicted octanol–water partition coefficient (Wildman–Crippen LogP) is 2.97. The van der Waals surface area contributed by atoms with Crippen molar-refractivity contribution < 1.29 is 14.4 Å². The van der Waals surface area contributed by atoms with E-state index in [0.717, 1.165) is 0 Å². The van der Waals surface area contributed by atoms with Crippen molar-refractivity contribution in [2.24, 2.45) is 0 Å². The summed E-state index contributed by atoms with van der Waals surface area (Å²) in [6.07, 6.45) is 0.210. The molecule has 0 bridgehead atoms. The van der Waals surface area contributed by atoms with Crippen LogP contribution < -0.4 is 15.5 Å². The molecule has 0 spiro atoms. The molecule has 0 saturated carbocycles. The summed E-state index contributed by atoms with van der Waals surface area (Å²) in [7, 11) is 1.71.